The van der Waals surface area contributed by atoms with Crippen LogP contribution in [0.2, 0.25) is 0 Å². The first-order valence-electron chi connectivity index (χ1n) is 7.48. The van der Waals surface area contributed by atoms with E-state index in [-0.39, 0.29) is 6.03 Å². The molecule has 0 bridgehead atoms. The van der Waals surface area contributed by atoms with Crippen LogP contribution in [-0.2, 0) is 6.54 Å². The molecule has 2 heterocycles. The van der Waals surface area contributed by atoms with Crippen LogP contribution < -0.4 is 0 Å². The summed E-state index contributed by atoms with van der Waals surface area (Å²) in [7, 11) is 5.53. The molecule has 5 nitrogen and oxygen atoms in total. The molecule has 0 N–H and O–H groups in total. The van der Waals surface area contributed by atoms with Crippen molar-refractivity contribution in [3.63, 3.8) is 0 Å². The van der Waals surface area contributed by atoms with Gasteiger partial charge in [-0.25, -0.2) is 9.78 Å². The minimum Gasteiger partial charge on any atom is -0.331 e. The van der Waals surface area contributed by atoms with Gasteiger partial charge in [0.2, 0.25) is 0 Å². The van der Waals surface area contributed by atoms with E-state index in [0.717, 1.165) is 37.5 Å². The van der Waals surface area contributed by atoms with Crippen molar-refractivity contribution in [1.29, 1.82) is 0 Å². The molecule has 1 aromatic heterocycles. The predicted octanol–water partition coefficient (Wildman–Crippen LogP) is 2.34. The number of aromatic nitrogens is 1. The second-order valence-electron chi connectivity index (χ2n) is 6.04. The van der Waals surface area contributed by atoms with Crippen molar-refractivity contribution in [1.82, 2.24) is 19.7 Å². The molecule has 0 atom stereocenters. The molecule has 1 aliphatic rings. The highest BCUT2D eigenvalue weighted by molar-refractivity contribution is 7.11. The third kappa shape index (κ3) is 3.95. The number of aryl methyl sites for hydroxylation is 2. The van der Waals surface area contributed by atoms with E-state index >= 15 is 0 Å². The molecule has 2 amide bonds. The van der Waals surface area contributed by atoms with Crippen molar-refractivity contribution in [3.8, 4) is 0 Å². The summed E-state index contributed by atoms with van der Waals surface area (Å²) in [5.74, 6) is 0. The molecular weight excluding hydrogens is 284 g/mol. The van der Waals surface area contributed by atoms with Gasteiger partial charge < -0.3 is 9.80 Å². The Balaban J connectivity index is 1.86. The standard InChI is InChI=1S/C15H26N4OS/c1-11-14(21-12(2)16-11)10-19-8-6-13(7-9-19)18(5)15(20)17(3)4/h13H,6-10H2,1-5H3. The number of nitrogens with zero attached hydrogens (tertiary/aromatic N) is 4. The zero-order valence-corrected chi connectivity index (χ0v) is 14.5. The molecule has 1 aromatic rings. The Kier molecular flexibility index (Phi) is 5.22. The Morgan fingerprint density at radius 3 is 2.38 bits per heavy atom. The normalized spacial score (nSPS) is 17.0. The fourth-order valence-electron chi connectivity index (χ4n) is 2.86. The third-order valence-electron chi connectivity index (χ3n) is 4.16. The van der Waals surface area contributed by atoms with Gasteiger partial charge in [0, 0.05) is 51.7 Å². The van der Waals surface area contributed by atoms with Crippen LogP contribution in [0.25, 0.3) is 0 Å². The van der Waals surface area contributed by atoms with E-state index in [2.05, 4.69) is 23.7 Å². The predicted molar refractivity (Wildman–Crippen MR) is 86.7 cm³/mol. The number of thiazole rings is 1. The molecule has 0 aromatic carbocycles. The van der Waals surface area contributed by atoms with Crippen molar-refractivity contribution in [3.05, 3.63) is 15.6 Å². The fourth-order valence-corrected chi connectivity index (χ4v) is 3.84. The molecule has 21 heavy (non-hydrogen) atoms. The molecule has 118 valence electrons. The van der Waals surface area contributed by atoms with Crippen LogP contribution >= 0.6 is 11.3 Å². The number of piperidine rings is 1. The van der Waals surface area contributed by atoms with Gasteiger partial charge in [-0.2, -0.15) is 0 Å². The van der Waals surface area contributed by atoms with E-state index < -0.39 is 0 Å². The van der Waals surface area contributed by atoms with Crippen LogP contribution in [0.3, 0.4) is 0 Å². The molecule has 1 fully saturated rings. The first kappa shape index (κ1) is 16.2. The molecule has 0 unspecified atom stereocenters. The summed E-state index contributed by atoms with van der Waals surface area (Å²) >= 11 is 1.80. The number of rotatable bonds is 3. The highest BCUT2D eigenvalue weighted by Gasteiger charge is 2.26. The lowest BCUT2D eigenvalue weighted by Gasteiger charge is -2.37. The molecule has 1 aliphatic heterocycles. The van der Waals surface area contributed by atoms with Crippen molar-refractivity contribution in [2.45, 2.75) is 39.3 Å². The Morgan fingerprint density at radius 1 is 1.29 bits per heavy atom. The van der Waals surface area contributed by atoms with E-state index in [0.29, 0.717) is 6.04 Å². The average Bonchev–Trinajstić information content (AvgIpc) is 2.76. The highest BCUT2D eigenvalue weighted by Crippen LogP contribution is 2.22. The topological polar surface area (TPSA) is 39.7 Å². The summed E-state index contributed by atoms with van der Waals surface area (Å²) in [6.45, 7) is 7.25. The van der Waals surface area contributed by atoms with Gasteiger partial charge in [0.1, 0.15) is 0 Å². The molecule has 0 aliphatic carbocycles. The van der Waals surface area contributed by atoms with Gasteiger partial charge in [-0.05, 0) is 26.7 Å². The highest BCUT2D eigenvalue weighted by atomic mass is 32.1. The second kappa shape index (κ2) is 6.75. The number of carbonyl (C=O) groups is 1. The summed E-state index contributed by atoms with van der Waals surface area (Å²) in [5.41, 5.74) is 1.17. The summed E-state index contributed by atoms with van der Waals surface area (Å²) in [4.78, 5) is 23.9. The quantitative estimate of drug-likeness (QED) is 0.860. The minimum atomic E-state index is 0.0994. The van der Waals surface area contributed by atoms with E-state index in [1.54, 1.807) is 16.2 Å². The van der Waals surface area contributed by atoms with Crippen LogP contribution in [0.4, 0.5) is 4.79 Å². The molecule has 2 rings (SSSR count). The Morgan fingerprint density at radius 2 is 1.90 bits per heavy atom. The van der Waals surface area contributed by atoms with Crippen LogP contribution in [-0.4, -0.2) is 66.0 Å². The van der Waals surface area contributed by atoms with E-state index in [1.807, 2.05) is 26.0 Å². The van der Waals surface area contributed by atoms with Crippen molar-refractivity contribution < 1.29 is 4.79 Å². The number of amides is 2. The SMILES string of the molecule is Cc1nc(C)c(CN2CCC(N(C)C(=O)N(C)C)CC2)s1. The van der Waals surface area contributed by atoms with E-state index in [9.17, 15) is 4.79 Å². The number of hydrogen-bond acceptors (Lipinski definition) is 4. The maximum atomic E-state index is 12.0. The van der Waals surface area contributed by atoms with Gasteiger partial charge in [0.25, 0.3) is 0 Å². The summed E-state index contributed by atoms with van der Waals surface area (Å²) in [6.07, 6.45) is 2.10. The summed E-state index contributed by atoms with van der Waals surface area (Å²) in [6, 6.07) is 0.461. The number of hydrogen-bond donors (Lipinski definition) is 0. The maximum absolute atomic E-state index is 12.0. The van der Waals surface area contributed by atoms with Gasteiger partial charge >= 0.3 is 6.03 Å². The van der Waals surface area contributed by atoms with Gasteiger partial charge in [-0.3, -0.25) is 4.90 Å². The van der Waals surface area contributed by atoms with Crippen molar-refractivity contribution in [2.24, 2.45) is 0 Å². The summed E-state index contributed by atoms with van der Waals surface area (Å²) in [5, 5.41) is 1.15. The molecule has 0 saturated carbocycles. The molecule has 0 spiro atoms. The second-order valence-corrected chi connectivity index (χ2v) is 7.32. The number of carbonyl (C=O) groups excluding carboxylic acids is 1. The van der Waals surface area contributed by atoms with E-state index in [4.69, 9.17) is 0 Å². The lowest BCUT2D eigenvalue weighted by Crippen LogP contribution is -2.48. The van der Waals surface area contributed by atoms with Gasteiger partial charge in [-0.15, -0.1) is 11.3 Å². The van der Waals surface area contributed by atoms with Gasteiger partial charge in [0.15, 0.2) is 0 Å². The first-order chi connectivity index (χ1) is 9.88. The molecular formula is C15H26N4OS. The van der Waals surface area contributed by atoms with Crippen molar-refractivity contribution in [2.75, 3.05) is 34.2 Å². The number of urea groups is 1. The van der Waals surface area contributed by atoms with Crippen LogP contribution in [0.15, 0.2) is 0 Å². The van der Waals surface area contributed by atoms with Crippen LogP contribution in [0, 0.1) is 13.8 Å². The molecule has 0 radical (unpaired) electrons. The smallest absolute Gasteiger partial charge is 0.319 e. The fraction of sp³-hybridized carbons (Fsp3) is 0.733. The third-order valence-corrected chi connectivity index (χ3v) is 5.21. The average molecular weight is 310 g/mol. The lowest BCUT2D eigenvalue weighted by atomic mass is 10.0. The largest absolute Gasteiger partial charge is 0.331 e. The molecule has 6 heteroatoms. The van der Waals surface area contributed by atoms with Crippen LogP contribution in [0.5, 0.6) is 0 Å². The minimum absolute atomic E-state index is 0.0994. The Bertz CT molecular complexity index is 492. The Hall–Kier alpha value is -1.14. The monoisotopic (exact) mass is 310 g/mol. The first-order valence-corrected chi connectivity index (χ1v) is 8.29. The zero-order chi connectivity index (χ0) is 15.6. The molecule has 1 saturated heterocycles. The Labute approximate surface area is 131 Å². The summed E-state index contributed by atoms with van der Waals surface area (Å²) < 4.78 is 0. The lowest BCUT2D eigenvalue weighted by molar-refractivity contribution is 0.118. The maximum Gasteiger partial charge on any atom is 0.319 e. The van der Waals surface area contributed by atoms with Crippen LogP contribution in [0.1, 0.15) is 28.4 Å². The van der Waals surface area contributed by atoms with E-state index in [1.165, 1.54) is 10.6 Å². The number of likely N-dealkylation sites (tertiary alicyclic amines) is 1. The van der Waals surface area contributed by atoms with Gasteiger partial charge in [0.05, 0.1) is 10.7 Å². The zero-order valence-electron chi connectivity index (χ0n) is 13.7. The van der Waals surface area contributed by atoms with Crippen molar-refractivity contribution >= 4 is 17.4 Å². The van der Waals surface area contributed by atoms with Gasteiger partial charge in [-0.1, -0.05) is 0 Å².